The van der Waals surface area contributed by atoms with Gasteiger partial charge in [0, 0.05) is 139 Å². The highest BCUT2D eigenvalue weighted by Crippen LogP contribution is 2.41. The second-order valence-electron chi connectivity index (χ2n) is 36.6. The molecule has 8 atom stereocenters. The largest absolute Gasteiger partial charge is 0.489 e. The van der Waals surface area contributed by atoms with Crippen molar-refractivity contribution in [2.75, 3.05) is 43.4 Å². The van der Waals surface area contributed by atoms with Gasteiger partial charge in [-0.2, -0.15) is 0 Å². The first-order valence-electron chi connectivity index (χ1n) is 50.2. The van der Waals surface area contributed by atoms with Crippen molar-refractivity contribution in [3.8, 4) is 11.5 Å². The summed E-state index contributed by atoms with van der Waals surface area (Å²) in [6.45, 7) is 5.99. The third-order valence-corrected chi connectivity index (χ3v) is 25.0. The quantitative estimate of drug-likeness (QED) is 0.0158. The van der Waals surface area contributed by atoms with E-state index in [0.29, 0.717) is 176 Å². The molecule has 2 aliphatic heterocycles. The van der Waals surface area contributed by atoms with Gasteiger partial charge in [-0.15, -0.1) is 0 Å². The van der Waals surface area contributed by atoms with E-state index in [0.717, 1.165) is 60.8 Å². The van der Waals surface area contributed by atoms with Crippen molar-refractivity contribution in [1.29, 1.82) is 0 Å². The summed E-state index contributed by atoms with van der Waals surface area (Å²) in [5, 5.41) is 65.5. The van der Waals surface area contributed by atoms with E-state index in [1.165, 1.54) is 13.8 Å². The van der Waals surface area contributed by atoms with Gasteiger partial charge in [0.25, 0.3) is 11.8 Å². The number of anilines is 2. The monoisotopic (exact) mass is 1970 g/mol. The van der Waals surface area contributed by atoms with Gasteiger partial charge >= 0.3 is 0 Å². The SMILES string of the molecule is C[C@H](NC(=O)[C@H](Cc1ccc(OCc2ccccc2)cc1)NC(=O)CCCCCNC(=O)CCCCCNC(=O)CCCCCNC(=O)CCCCCNC(=O)CCCCCNC(=O)CCCCC(=O)N[C@@H](Cc1ccc(OCc2ccccc2)cc1)C(=O)N[C@@H](C)C(=O)NC(C[C@@]1(O)C(=O)Nc2ccccc21)C(=O)NCc1ccccc1)C(=O)NC(C[C@@]1(O)C(=O)Nc2ccccc21)C(=O)NCc1ccccc1. The lowest BCUT2D eigenvalue weighted by Crippen LogP contribution is -2.57. The minimum absolute atomic E-state index is 0.0111. The number of aliphatic hydroxyl groups is 2. The number of carbonyl (C=O) groups excluding carboxylic acids is 15. The van der Waals surface area contributed by atoms with E-state index >= 15 is 0 Å². The van der Waals surface area contributed by atoms with E-state index in [-0.39, 0.29) is 85.9 Å². The molecule has 34 nitrogen and oxygen atoms in total. The summed E-state index contributed by atoms with van der Waals surface area (Å²) in [5.41, 5.74) is 1.67. The zero-order chi connectivity index (χ0) is 103. The number of fused-ring (bicyclic) bond motifs is 2. The number of ether oxygens (including phenoxy) is 2. The average Bonchev–Trinajstić information content (AvgIpc) is 1.61. The first kappa shape index (κ1) is 111. The summed E-state index contributed by atoms with van der Waals surface area (Å²) in [6, 6.07) is 56.7. The summed E-state index contributed by atoms with van der Waals surface area (Å²) in [5.74, 6) is -6.01. The number of para-hydroxylation sites is 2. The van der Waals surface area contributed by atoms with E-state index < -0.39 is 119 Å². The fourth-order valence-electron chi connectivity index (χ4n) is 16.6. The molecule has 0 spiro atoms. The lowest BCUT2D eigenvalue weighted by Gasteiger charge is -2.28. The van der Waals surface area contributed by atoms with E-state index in [1.807, 2.05) is 72.8 Å². The Labute approximate surface area is 841 Å². The number of rotatable bonds is 65. The molecule has 34 heteroatoms. The van der Waals surface area contributed by atoms with Crippen LogP contribution in [0.1, 0.15) is 225 Å². The molecule has 10 rings (SSSR count). The van der Waals surface area contributed by atoms with Crippen LogP contribution < -0.4 is 89.2 Å². The van der Waals surface area contributed by atoms with E-state index in [1.54, 1.807) is 146 Å². The van der Waals surface area contributed by atoms with Crippen LogP contribution in [0, 0.1) is 0 Å². The van der Waals surface area contributed by atoms with Crippen LogP contribution in [0.25, 0.3) is 0 Å². The maximum Gasteiger partial charge on any atom is 0.261 e. The lowest BCUT2D eigenvalue weighted by atomic mass is 9.88. The van der Waals surface area contributed by atoms with Gasteiger partial charge in [0.1, 0.15) is 61.0 Å². The molecule has 768 valence electrons. The Balaban J connectivity index is 0.521. The van der Waals surface area contributed by atoms with Gasteiger partial charge in [0.2, 0.25) is 76.8 Å². The molecule has 2 heterocycles. The van der Waals surface area contributed by atoms with Gasteiger partial charge in [-0.05, 0) is 161 Å². The first-order valence-corrected chi connectivity index (χ1v) is 50.2. The Bertz CT molecular complexity index is 5510. The van der Waals surface area contributed by atoms with Crippen LogP contribution in [0.15, 0.2) is 218 Å². The summed E-state index contributed by atoms with van der Waals surface area (Å²) in [7, 11) is 0. The fraction of sp³-hybridized carbons (Fsp3) is 0.427. The highest BCUT2D eigenvalue weighted by molar-refractivity contribution is 6.07. The Kier molecular flexibility index (Phi) is 46.3. The van der Waals surface area contributed by atoms with E-state index in [4.69, 9.17) is 9.47 Å². The number of nitrogens with one attached hydrogen (secondary N) is 15. The summed E-state index contributed by atoms with van der Waals surface area (Å²) in [4.78, 5) is 201. The normalized spacial score (nSPS) is 15.0. The molecular weight excluding hydrogens is 1840 g/mol. The first-order chi connectivity index (χ1) is 69.7. The van der Waals surface area contributed by atoms with Crippen LogP contribution in [0.5, 0.6) is 11.5 Å². The third-order valence-electron chi connectivity index (χ3n) is 25.0. The minimum Gasteiger partial charge on any atom is -0.489 e. The van der Waals surface area contributed by atoms with Gasteiger partial charge in [0.05, 0.1) is 0 Å². The highest BCUT2D eigenvalue weighted by atomic mass is 16.5. The van der Waals surface area contributed by atoms with Gasteiger partial charge < -0.3 is 99.4 Å². The molecule has 0 aliphatic carbocycles. The molecule has 0 saturated heterocycles. The topological polar surface area (TPSA) is 495 Å². The minimum atomic E-state index is -2.19. The molecule has 17 N–H and O–H groups in total. The number of hydrogen-bond acceptors (Lipinski definition) is 19. The maximum absolute atomic E-state index is 14.2. The molecule has 8 aromatic rings. The highest BCUT2D eigenvalue weighted by Gasteiger charge is 2.50. The third kappa shape index (κ3) is 38.6. The zero-order valence-electron chi connectivity index (χ0n) is 82.2. The zero-order valence-corrected chi connectivity index (χ0v) is 82.2. The molecule has 0 bridgehead atoms. The van der Waals surface area contributed by atoms with Crippen LogP contribution in [0.2, 0.25) is 0 Å². The Morgan fingerprint density at radius 3 is 0.847 bits per heavy atom. The van der Waals surface area contributed by atoms with Crippen LogP contribution in [0.4, 0.5) is 11.4 Å². The van der Waals surface area contributed by atoms with Crippen molar-refractivity contribution in [3.05, 3.63) is 263 Å². The molecule has 0 saturated carbocycles. The predicted octanol–water partition coefficient (Wildman–Crippen LogP) is 9.61. The molecular formula is C110H139N15O19. The van der Waals surface area contributed by atoms with Crippen molar-refractivity contribution in [3.63, 3.8) is 0 Å². The molecule has 0 aromatic heterocycles. The Hall–Kier alpha value is -14.7. The molecule has 15 amide bonds. The van der Waals surface area contributed by atoms with Gasteiger partial charge in [-0.3, -0.25) is 71.9 Å². The second kappa shape index (κ2) is 59.9. The van der Waals surface area contributed by atoms with Gasteiger partial charge in [0.15, 0.2) is 11.2 Å². The molecule has 0 fully saturated rings. The maximum atomic E-state index is 14.2. The number of benzene rings is 8. The van der Waals surface area contributed by atoms with Crippen molar-refractivity contribution < 1.29 is 91.6 Å². The van der Waals surface area contributed by atoms with Crippen molar-refractivity contribution in [2.45, 2.75) is 267 Å². The molecule has 144 heavy (non-hydrogen) atoms. The number of amides is 15. The van der Waals surface area contributed by atoms with Crippen LogP contribution in [-0.4, -0.2) is 168 Å². The number of carbonyl (C=O) groups is 15. The van der Waals surface area contributed by atoms with Gasteiger partial charge in [-0.25, -0.2) is 0 Å². The smallest absolute Gasteiger partial charge is 0.261 e. The standard InChI is InChI=1S/C110H139N15O19/c1-76(101(133)122-92(103(135)116-72-80-36-12-3-13-37-80)70-109(141)86-44-25-27-46-88(86)124-107(109)139)118-105(137)90(68-78-55-59-84(60-56-78)143-74-82-40-16-5-17-41-82)120-99(131)53-24-11-35-67-114-97(129)51-22-9-33-65-112-95(127)49-20-7-31-63-111-94(126)48-21-8-32-64-113-96(128)50-23-10-34-66-115-98(130)52-29-30-54-100(132)121-91(69-79-57-61-85(62-58-79)144-75-83-42-18-6-19-43-83)106(138)119-77(2)102(134)123-93(104(136)117-73-81-38-14-4-15-39-81)71-110(142)87-45-26-28-47-89(87)125-108(110)140/h3-6,12-19,25-28,36-47,55-62,76-77,90-93,141-142H,7-11,20-24,29-35,48-54,63-75H2,1-2H3,(H,111,126)(H,112,127)(H,113,128)(H,114,129)(H,115,130)(H,116,135)(H,117,136)(H,118,137)(H,119,138)(H,120,131)(H,121,132)(H,122,133)(H,123,134)(H,124,139)(H,125,140)/t76-,77-,90-,91-,92?,93?,109-,110-/m0/s1. The Morgan fingerprint density at radius 1 is 0.271 bits per heavy atom. The molecule has 2 aliphatic rings. The second-order valence-corrected chi connectivity index (χ2v) is 36.6. The Morgan fingerprint density at radius 2 is 0.542 bits per heavy atom. The van der Waals surface area contributed by atoms with Crippen LogP contribution in [-0.2, 0) is 122 Å². The molecule has 2 unspecified atom stereocenters. The predicted molar refractivity (Wildman–Crippen MR) is 544 cm³/mol. The summed E-state index contributed by atoms with van der Waals surface area (Å²) in [6.07, 6.45) is 11.5. The fourth-order valence-corrected chi connectivity index (χ4v) is 16.6. The number of hydrogen-bond donors (Lipinski definition) is 17. The average molecular weight is 1980 g/mol. The van der Waals surface area contributed by atoms with Crippen LogP contribution in [0.3, 0.4) is 0 Å². The van der Waals surface area contributed by atoms with E-state index in [9.17, 15) is 82.1 Å². The molecule has 0 radical (unpaired) electrons. The van der Waals surface area contributed by atoms with Crippen LogP contribution >= 0.6 is 0 Å². The van der Waals surface area contributed by atoms with Crippen molar-refractivity contribution >= 4 is 100.0 Å². The lowest BCUT2D eigenvalue weighted by molar-refractivity contribution is -0.139. The van der Waals surface area contributed by atoms with E-state index in [2.05, 4.69) is 79.8 Å². The number of unbranched alkanes of at least 4 members (excludes halogenated alkanes) is 11. The molecule has 8 aromatic carbocycles. The van der Waals surface area contributed by atoms with Crippen molar-refractivity contribution in [1.82, 2.24) is 69.1 Å². The summed E-state index contributed by atoms with van der Waals surface area (Å²) < 4.78 is 11.9. The van der Waals surface area contributed by atoms with Crippen molar-refractivity contribution in [2.24, 2.45) is 0 Å². The summed E-state index contributed by atoms with van der Waals surface area (Å²) >= 11 is 0. The van der Waals surface area contributed by atoms with Gasteiger partial charge in [-0.1, -0.05) is 214 Å².